The van der Waals surface area contributed by atoms with Crippen LogP contribution in [0.3, 0.4) is 0 Å². The SMILES string of the molecule is CSC[C@H](C)C1CC12CN(C)C2. The molecule has 1 aliphatic heterocycles. The minimum absolute atomic E-state index is 0.796. The van der Waals surface area contributed by atoms with Crippen molar-refractivity contribution >= 4 is 11.8 Å². The summed E-state index contributed by atoms with van der Waals surface area (Å²) in [7, 11) is 2.24. The molecule has 1 aliphatic carbocycles. The van der Waals surface area contributed by atoms with Gasteiger partial charge in [-0.25, -0.2) is 0 Å². The van der Waals surface area contributed by atoms with Gasteiger partial charge in [0.25, 0.3) is 0 Å². The van der Waals surface area contributed by atoms with Crippen molar-refractivity contribution in [2.75, 3.05) is 32.1 Å². The molecule has 2 rings (SSSR count). The Labute approximate surface area is 79.9 Å². The van der Waals surface area contributed by atoms with Gasteiger partial charge in [0.1, 0.15) is 0 Å². The maximum absolute atomic E-state index is 2.45. The van der Waals surface area contributed by atoms with Crippen LogP contribution in [0, 0.1) is 17.3 Å². The number of hydrogen-bond acceptors (Lipinski definition) is 2. The van der Waals surface area contributed by atoms with Gasteiger partial charge < -0.3 is 4.90 Å². The van der Waals surface area contributed by atoms with Gasteiger partial charge in [0.15, 0.2) is 0 Å². The first kappa shape index (κ1) is 8.89. The second-order valence-electron chi connectivity index (χ2n) is 4.78. The van der Waals surface area contributed by atoms with Gasteiger partial charge in [-0.2, -0.15) is 11.8 Å². The first-order valence-electron chi connectivity index (χ1n) is 4.85. The summed E-state index contributed by atoms with van der Waals surface area (Å²) >= 11 is 2.00. The van der Waals surface area contributed by atoms with Crippen LogP contribution in [0.25, 0.3) is 0 Å². The van der Waals surface area contributed by atoms with Crippen molar-refractivity contribution in [3.05, 3.63) is 0 Å². The standard InChI is InChI=1S/C10H19NS/c1-8(5-12-3)9-4-10(9)6-11(2)7-10/h8-9H,4-7H2,1-3H3/t8-,9?/m0/s1. The summed E-state index contributed by atoms with van der Waals surface area (Å²) in [6, 6.07) is 0. The van der Waals surface area contributed by atoms with Crippen molar-refractivity contribution in [3.63, 3.8) is 0 Å². The topological polar surface area (TPSA) is 3.24 Å². The van der Waals surface area contributed by atoms with E-state index in [0.717, 1.165) is 17.3 Å². The number of likely N-dealkylation sites (tertiary alicyclic amines) is 1. The zero-order valence-corrected chi connectivity index (χ0v) is 9.16. The van der Waals surface area contributed by atoms with Gasteiger partial charge in [-0.1, -0.05) is 6.92 Å². The molecule has 12 heavy (non-hydrogen) atoms. The zero-order chi connectivity index (χ0) is 8.77. The molecule has 2 atom stereocenters. The Balaban J connectivity index is 1.80. The van der Waals surface area contributed by atoms with E-state index in [4.69, 9.17) is 0 Å². The Bertz CT molecular complexity index is 175. The Morgan fingerprint density at radius 3 is 2.75 bits per heavy atom. The van der Waals surface area contributed by atoms with E-state index in [-0.39, 0.29) is 0 Å². The highest BCUT2D eigenvalue weighted by atomic mass is 32.2. The molecule has 70 valence electrons. The lowest BCUT2D eigenvalue weighted by Crippen LogP contribution is -2.47. The maximum Gasteiger partial charge on any atom is 0.00503 e. The summed E-state index contributed by atoms with van der Waals surface area (Å²) in [6.07, 6.45) is 3.73. The van der Waals surface area contributed by atoms with Crippen LogP contribution >= 0.6 is 11.8 Å². The molecular weight excluding hydrogens is 166 g/mol. The minimum atomic E-state index is 0.796. The molecule has 1 spiro atoms. The van der Waals surface area contributed by atoms with Gasteiger partial charge in [-0.3, -0.25) is 0 Å². The Kier molecular flexibility index (Phi) is 2.16. The van der Waals surface area contributed by atoms with E-state index in [0.29, 0.717) is 0 Å². The summed E-state index contributed by atoms with van der Waals surface area (Å²) < 4.78 is 0. The smallest absolute Gasteiger partial charge is 0.00503 e. The molecule has 1 saturated carbocycles. The van der Waals surface area contributed by atoms with Gasteiger partial charge >= 0.3 is 0 Å². The quantitative estimate of drug-likeness (QED) is 0.661. The predicted molar refractivity (Wildman–Crippen MR) is 55.6 cm³/mol. The van der Waals surface area contributed by atoms with E-state index in [1.807, 2.05) is 11.8 Å². The maximum atomic E-state index is 2.45. The zero-order valence-electron chi connectivity index (χ0n) is 8.34. The van der Waals surface area contributed by atoms with Crippen molar-refractivity contribution in [1.29, 1.82) is 0 Å². The fourth-order valence-electron chi connectivity index (χ4n) is 2.96. The van der Waals surface area contributed by atoms with Crippen LogP contribution in [-0.4, -0.2) is 37.0 Å². The van der Waals surface area contributed by atoms with Crippen molar-refractivity contribution in [1.82, 2.24) is 4.90 Å². The molecule has 0 bridgehead atoms. The lowest BCUT2D eigenvalue weighted by molar-refractivity contribution is 0.0919. The molecule has 2 fully saturated rings. The normalized spacial score (nSPS) is 34.8. The number of nitrogens with zero attached hydrogens (tertiary/aromatic N) is 1. The van der Waals surface area contributed by atoms with Gasteiger partial charge in [0, 0.05) is 13.1 Å². The average molecular weight is 185 g/mol. The second kappa shape index (κ2) is 2.91. The number of thioether (sulfide) groups is 1. The summed E-state index contributed by atoms with van der Waals surface area (Å²) in [6.45, 7) is 5.17. The molecule has 0 aromatic heterocycles. The van der Waals surface area contributed by atoms with Crippen molar-refractivity contribution in [2.24, 2.45) is 17.3 Å². The number of rotatable bonds is 3. The van der Waals surface area contributed by atoms with E-state index in [2.05, 4.69) is 25.1 Å². The molecule has 0 aromatic rings. The summed E-state index contributed by atoms with van der Waals surface area (Å²) in [5, 5.41) is 0. The fraction of sp³-hybridized carbons (Fsp3) is 1.00. The van der Waals surface area contributed by atoms with E-state index < -0.39 is 0 Å². The highest BCUT2D eigenvalue weighted by Gasteiger charge is 2.61. The lowest BCUT2D eigenvalue weighted by Gasteiger charge is -2.38. The molecule has 0 amide bonds. The monoisotopic (exact) mass is 185 g/mol. The summed E-state index contributed by atoms with van der Waals surface area (Å²) in [5.74, 6) is 3.37. The van der Waals surface area contributed by atoms with E-state index in [1.165, 1.54) is 25.3 Å². The largest absolute Gasteiger partial charge is 0.305 e. The van der Waals surface area contributed by atoms with Crippen molar-refractivity contribution in [2.45, 2.75) is 13.3 Å². The Hall–Kier alpha value is 0.310. The van der Waals surface area contributed by atoms with Crippen LogP contribution in [0.15, 0.2) is 0 Å². The van der Waals surface area contributed by atoms with Crippen molar-refractivity contribution < 1.29 is 0 Å². The number of hydrogen-bond donors (Lipinski definition) is 0. The summed E-state index contributed by atoms with van der Waals surface area (Å²) in [4.78, 5) is 2.45. The van der Waals surface area contributed by atoms with Crippen LogP contribution in [0.1, 0.15) is 13.3 Å². The molecule has 1 heterocycles. The van der Waals surface area contributed by atoms with Gasteiger partial charge in [0.05, 0.1) is 0 Å². The minimum Gasteiger partial charge on any atom is -0.305 e. The van der Waals surface area contributed by atoms with Crippen LogP contribution in [-0.2, 0) is 0 Å². The first-order valence-corrected chi connectivity index (χ1v) is 6.25. The van der Waals surface area contributed by atoms with Crippen molar-refractivity contribution in [3.8, 4) is 0 Å². The highest BCUT2D eigenvalue weighted by Crippen LogP contribution is 2.61. The van der Waals surface area contributed by atoms with Crippen LogP contribution in [0.5, 0.6) is 0 Å². The molecule has 2 heteroatoms. The van der Waals surface area contributed by atoms with Crippen LogP contribution in [0.2, 0.25) is 0 Å². The third-order valence-corrected chi connectivity index (χ3v) is 4.40. The highest BCUT2D eigenvalue weighted by molar-refractivity contribution is 7.98. The Morgan fingerprint density at radius 2 is 2.25 bits per heavy atom. The molecule has 1 unspecified atom stereocenters. The van der Waals surface area contributed by atoms with E-state index in [9.17, 15) is 0 Å². The average Bonchev–Trinajstić information content (AvgIpc) is 2.63. The predicted octanol–water partition coefficient (Wildman–Crippen LogP) is 1.94. The summed E-state index contributed by atoms with van der Waals surface area (Å²) in [5.41, 5.74) is 0.796. The third kappa shape index (κ3) is 1.29. The fourth-order valence-corrected chi connectivity index (χ4v) is 3.71. The Morgan fingerprint density at radius 1 is 1.58 bits per heavy atom. The van der Waals surface area contributed by atoms with E-state index in [1.54, 1.807) is 0 Å². The molecule has 0 radical (unpaired) electrons. The van der Waals surface area contributed by atoms with Gasteiger partial charge in [0.2, 0.25) is 0 Å². The molecule has 2 aliphatic rings. The van der Waals surface area contributed by atoms with Crippen LogP contribution < -0.4 is 0 Å². The van der Waals surface area contributed by atoms with Gasteiger partial charge in [-0.15, -0.1) is 0 Å². The van der Waals surface area contributed by atoms with E-state index >= 15 is 0 Å². The van der Waals surface area contributed by atoms with Gasteiger partial charge in [-0.05, 0) is 42.7 Å². The molecule has 1 saturated heterocycles. The lowest BCUT2D eigenvalue weighted by atomic mass is 9.90. The third-order valence-electron chi connectivity index (χ3n) is 3.54. The van der Waals surface area contributed by atoms with Crippen LogP contribution in [0.4, 0.5) is 0 Å². The molecule has 1 nitrogen and oxygen atoms in total. The molecular formula is C10H19NS. The first-order chi connectivity index (χ1) is 5.68. The molecule has 0 aromatic carbocycles. The second-order valence-corrected chi connectivity index (χ2v) is 5.69. The molecule has 0 N–H and O–H groups in total.